The molecule has 2 atom stereocenters. The normalized spacial score (nSPS) is 28.7. The fourth-order valence-electron chi connectivity index (χ4n) is 3.01. The summed E-state index contributed by atoms with van der Waals surface area (Å²) in [7, 11) is 0. The van der Waals surface area contributed by atoms with Gasteiger partial charge >= 0.3 is 12.4 Å². The molecule has 0 aromatic carbocycles. The molecule has 0 saturated carbocycles. The fraction of sp³-hybridized carbons (Fsp3) is 0.714. The van der Waals surface area contributed by atoms with E-state index in [1.165, 1.54) is 20.8 Å². The topological polar surface area (TPSA) is 20.2 Å². The molecule has 1 N–H and O–H groups in total. The molecule has 0 heterocycles. The summed E-state index contributed by atoms with van der Waals surface area (Å²) >= 11 is 0. The maximum Gasteiger partial charge on any atom is 0.403 e. The van der Waals surface area contributed by atoms with E-state index in [4.69, 9.17) is 0 Å². The van der Waals surface area contributed by atoms with Crippen molar-refractivity contribution in [3.8, 4) is 0 Å². The summed E-state index contributed by atoms with van der Waals surface area (Å²) in [5, 5.41) is 10.5. The largest absolute Gasteiger partial charge is 0.403 e. The summed E-state index contributed by atoms with van der Waals surface area (Å²) < 4.78 is 78.2. The number of rotatable bonds is 1. The van der Waals surface area contributed by atoms with Crippen LogP contribution >= 0.6 is 0 Å². The zero-order chi connectivity index (χ0) is 17.0. The first-order valence-corrected chi connectivity index (χ1v) is 6.38. The summed E-state index contributed by atoms with van der Waals surface area (Å²) in [6.07, 6.45) is -11.2. The Balaban J connectivity index is 3.65. The zero-order valence-electron chi connectivity index (χ0n) is 12.4. The zero-order valence-corrected chi connectivity index (χ0v) is 12.4. The van der Waals surface area contributed by atoms with Crippen LogP contribution in [0.1, 0.15) is 34.6 Å². The van der Waals surface area contributed by atoms with Gasteiger partial charge in [-0.2, -0.15) is 26.3 Å². The van der Waals surface area contributed by atoms with Crippen molar-refractivity contribution in [2.24, 2.45) is 11.8 Å². The van der Waals surface area contributed by atoms with Gasteiger partial charge in [-0.1, -0.05) is 12.5 Å². The van der Waals surface area contributed by atoms with E-state index in [0.717, 1.165) is 6.92 Å². The van der Waals surface area contributed by atoms with Crippen LogP contribution < -0.4 is 0 Å². The number of allylic oxidation sites excluding steroid dienone is 2. The van der Waals surface area contributed by atoms with E-state index in [2.05, 4.69) is 0 Å². The molecule has 2 unspecified atom stereocenters. The average molecular weight is 316 g/mol. The molecule has 0 aliphatic heterocycles. The van der Waals surface area contributed by atoms with E-state index < -0.39 is 29.8 Å². The molecule has 0 saturated heterocycles. The first kappa shape index (κ1) is 18.1. The second-order valence-electron chi connectivity index (χ2n) is 5.62. The molecule has 1 nitrogen and oxygen atoms in total. The predicted molar refractivity (Wildman–Crippen MR) is 66.5 cm³/mol. The van der Waals surface area contributed by atoms with Gasteiger partial charge in [0.25, 0.3) is 0 Å². The number of hydrogen-bond donors (Lipinski definition) is 1. The van der Waals surface area contributed by atoms with Gasteiger partial charge in [-0.25, -0.2) is 0 Å². The molecule has 7 heteroatoms. The van der Waals surface area contributed by atoms with Crippen LogP contribution in [0.3, 0.4) is 0 Å². The van der Waals surface area contributed by atoms with E-state index in [9.17, 15) is 31.4 Å². The maximum atomic E-state index is 13.0. The van der Waals surface area contributed by atoms with E-state index >= 15 is 0 Å². The Morgan fingerprint density at radius 3 is 1.62 bits per heavy atom. The van der Waals surface area contributed by atoms with Gasteiger partial charge in [0.1, 0.15) is 5.60 Å². The highest BCUT2D eigenvalue weighted by Crippen LogP contribution is 2.55. The Morgan fingerprint density at radius 1 is 0.905 bits per heavy atom. The Morgan fingerprint density at radius 2 is 1.29 bits per heavy atom. The standard InChI is InChI=1S/C14H18F6O/c1-6-7(2)9(4)12(21,10(5)8(6)3)11(13(15,16)17)14(18,19)20/h9,11,21H,1-5H3. The molecule has 1 aliphatic rings. The molecule has 0 bridgehead atoms. The average Bonchev–Trinajstić information content (AvgIpc) is 2.28. The van der Waals surface area contributed by atoms with Crippen LogP contribution in [0.4, 0.5) is 26.3 Å². The monoisotopic (exact) mass is 316 g/mol. The molecular weight excluding hydrogens is 298 g/mol. The Hall–Kier alpha value is -0.980. The lowest BCUT2D eigenvalue weighted by atomic mass is 9.64. The quantitative estimate of drug-likeness (QED) is 0.690. The molecule has 0 amide bonds. The Bertz CT molecular complexity index is 483. The third kappa shape index (κ3) is 2.72. The van der Waals surface area contributed by atoms with Crippen molar-refractivity contribution in [3.63, 3.8) is 0 Å². The minimum Gasteiger partial charge on any atom is -0.384 e. The number of alkyl halides is 6. The lowest BCUT2D eigenvalue weighted by molar-refractivity contribution is -0.326. The minimum atomic E-state index is -5.59. The van der Waals surface area contributed by atoms with Gasteiger partial charge in [-0.05, 0) is 44.4 Å². The molecule has 1 rings (SSSR count). The molecule has 21 heavy (non-hydrogen) atoms. The first-order valence-electron chi connectivity index (χ1n) is 6.38. The van der Waals surface area contributed by atoms with Gasteiger partial charge in [0.2, 0.25) is 0 Å². The van der Waals surface area contributed by atoms with Crippen LogP contribution in [0.15, 0.2) is 22.3 Å². The molecule has 0 fully saturated rings. The number of halogens is 6. The van der Waals surface area contributed by atoms with E-state index in [1.54, 1.807) is 6.92 Å². The Labute approximate surface area is 119 Å². The van der Waals surface area contributed by atoms with Gasteiger partial charge in [0.15, 0.2) is 5.92 Å². The van der Waals surface area contributed by atoms with E-state index in [-0.39, 0.29) is 11.1 Å². The first-order chi connectivity index (χ1) is 9.16. The van der Waals surface area contributed by atoms with Crippen molar-refractivity contribution in [3.05, 3.63) is 22.3 Å². The molecule has 122 valence electrons. The number of aliphatic hydroxyl groups is 1. The Kier molecular flexibility index (Phi) is 4.33. The maximum absolute atomic E-state index is 13.0. The lowest BCUT2D eigenvalue weighted by Crippen LogP contribution is -2.59. The third-order valence-electron chi connectivity index (χ3n) is 4.72. The van der Waals surface area contributed by atoms with Crippen LogP contribution in [0.2, 0.25) is 0 Å². The van der Waals surface area contributed by atoms with Gasteiger partial charge in [-0.3, -0.25) is 0 Å². The molecule has 0 radical (unpaired) electrons. The van der Waals surface area contributed by atoms with E-state index in [0.29, 0.717) is 11.1 Å². The summed E-state index contributed by atoms with van der Waals surface area (Å²) in [6.45, 7) is 6.82. The highest BCUT2D eigenvalue weighted by atomic mass is 19.4. The summed E-state index contributed by atoms with van der Waals surface area (Å²) in [5.41, 5.74) is -2.08. The van der Waals surface area contributed by atoms with Gasteiger partial charge in [0, 0.05) is 5.92 Å². The summed E-state index contributed by atoms with van der Waals surface area (Å²) in [6, 6.07) is 0. The molecule has 0 aromatic rings. The molecule has 1 aliphatic carbocycles. The van der Waals surface area contributed by atoms with Crippen molar-refractivity contribution in [2.45, 2.75) is 52.6 Å². The second-order valence-corrected chi connectivity index (χ2v) is 5.62. The summed E-state index contributed by atoms with van der Waals surface area (Å²) in [5.74, 6) is -5.10. The van der Waals surface area contributed by atoms with Crippen molar-refractivity contribution in [1.82, 2.24) is 0 Å². The van der Waals surface area contributed by atoms with Crippen molar-refractivity contribution >= 4 is 0 Å². The smallest absolute Gasteiger partial charge is 0.384 e. The second kappa shape index (κ2) is 5.04. The fourth-order valence-corrected chi connectivity index (χ4v) is 3.01. The molecule has 0 spiro atoms. The van der Waals surface area contributed by atoms with Crippen LogP contribution in [0.25, 0.3) is 0 Å². The van der Waals surface area contributed by atoms with Crippen LogP contribution in [0.5, 0.6) is 0 Å². The lowest BCUT2D eigenvalue weighted by Gasteiger charge is -2.47. The molecule has 0 aromatic heterocycles. The van der Waals surface area contributed by atoms with Crippen LogP contribution in [-0.4, -0.2) is 23.1 Å². The van der Waals surface area contributed by atoms with Crippen molar-refractivity contribution in [2.75, 3.05) is 0 Å². The minimum absolute atomic E-state index is 0.270. The molecular formula is C14H18F6O. The van der Waals surface area contributed by atoms with Crippen LogP contribution in [-0.2, 0) is 0 Å². The third-order valence-corrected chi connectivity index (χ3v) is 4.72. The van der Waals surface area contributed by atoms with Crippen molar-refractivity contribution in [1.29, 1.82) is 0 Å². The van der Waals surface area contributed by atoms with Gasteiger partial charge in [-0.15, -0.1) is 0 Å². The van der Waals surface area contributed by atoms with Crippen molar-refractivity contribution < 1.29 is 31.4 Å². The van der Waals surface area contributed by atoms with Crippen LogP contribution in [0, 0.1) is 11.8 Å². The summed E-state index contributed by atoms with van der Waals surface area (Å²) in [4.78, 5) is 0. The predicted octanol–water partition coefficient (Wildman–Crippen LogP) is 4.78. The highest BCUT2D eigenvalue weighted by Gasteiger charge is 2.68. The van der Waals surface area contributed by atoms with E-state index in [1.807, 2.05) is 0 Å². The van der Waals surface area contributed by atoms with Gasteiger partial charge < -0.3 is 5.11 Å². The number of hydrogen-bond acceptors (Lipinski definition) is 1. The van der Waals surface area contributed by atoms with Gasteiger partial charge in [0.05, 0.1) is 0 Å². The highest BCUT2D eigenvalue weighted by molar-refractivity contribution is 5.46. The SMILES string of the molecule is CC1=C(C)C(C)C(O)(C(C(F)(F)F)C(F)(F)F)C(C)=C1C.